The maximum atomic E-state index is 12.8. The van der Waals surface area contributed by atoms with Gasteiger partial charge < -0.3 is 34.0 Å². The molecule has 4 rings (SSSR count). The molecule has 2 N–H and O–H groups in total. The minimum absolute atomic E-state index is 0.0545. The van der Waals surface area contributed by atoms with E-state index >= 15 is 0 Å². The summed E-state index contributed by atoms with van der Waals surface area (Å²) in [7, 11) is 0. The van der Waals surface area contributed by atoms with E-state index in [0.717, 1.165) is 6.07 Å². The lowest BCUT2D eigenvalue weighted by atomic mass is 9.84. The van der Waals surface area contributed by atoms with Gasteiger partial charge in [-0.15, -0.1) is 0 Å². The predicted molar refractivity (Wildman–Crippen MR) is 122 cm³/mol. The minimum Gasteiger partial charge on any atom is -0.490 e. The number of nitrogens with zero attached hydrogens (tertiary/aromatic N) is 3. The predicted octanol–water partition coefficient (Wildman–Crippen LogP) is 2.30. The highest BCUT2D eigenvalue weighted by Crippen LogP contribution is 2.46. The number of fused-ring (bicyclic) bond motifs is 1. The summed E-state index contributed by atoms with van der Waals surface area (Å²) in [6.45, 7) is 4.41. The number of benzene rings is 1. The molecule has 13 nitrogen and oxygen atoms in total. The minimum atomic E-state index is -1.16. The second kappa shape index (κ2) is 9.96. The number of carbonyl (C=O) groups excluding carboxylic acids is 1. The topological polar surface area (TPSA) is 180 Å². The van der Waals surface area contributed by atoms with Gasteiger partial charge in [0.05, 0.1) is 36.2 Å². The van der Waals surface area contributed by atoms with Crippen LogP contribution in [0.15, 0.2) is 38.9 Å². The number of nitrogens with two attached hydrogens (primary N) is 1. The number of hydrogen-bond acceptors (Lipinski definition) is 11. The van der Waals surface area contributed by atoms with Crippen molar-refractivity contribution in [3.63, 3.8) is 0 Å². The normalized spacial score (nSPS) is 17.0. The lowest BCUT2D eigenvalue weighted by Crippen LogP contribution is -2.42. The second-order valence-corrected chi connectivity index (χ2v) is 7.87. The molecule has 1 saturated heterocycles. The Balaban J connectivity index is 1.88. The first-order valence-electron chi connectivity index (χ1n) is 11.0. The summed E-state index contributed by atoms with van der Waals surface area (Å²) >= 11 is 0. The third-order valence-corrected chi connectivity index (χ3v) is 5.60. The van der Waals surface area contributed by atoms with Crippen molar-refractivity contribution in [2.24, 2.45) is 5.73 Å². The standard InChI is InChI=1S/C23H22N4O9/c1-3-33-17-10-13(9-15(27(30)31)20(17)36-23(29)26-4-6-32-7-5-26)18-14(11-24)21(25)35-16-8-12(2)34-22(28)19(16)18/h8-10,18H,3-7,25H2,1-2H3/t18-/m1/s1. The maximum Gasteiger partial charge on any atom is 0.415 e. The molecule has 0 saturated carbocycles. The lowest BCUT2D eigenvalue weighted by molar-refractivity contribution is -0.385. The second-order valence-electron chi connectivity index (χ2n) is 7.87. The Bertz CT molecular complexity index is 1350. The summed E-state index contributed by atoms with van der Waals surface area (Å²) < 4.78 is 26.9. The van der Waals surface area contributed by atoms with Gasteiger partial charge in [0.1, 0.15) is 23.2 Å². The highest BCUT2D eigenvalue weighted by atomic mass is 16.6. The van der Waals surface area contributed by atoms with Crippen molar-refractivity contribution >= 4 is 11.8 Å². The molecule has 1 fully saturated rings. The van der Waals surface area contributed by atoms with E-state index in [4.69, 9.17) is 29.1 Å². The van der Waals surface area contributed by atoms with Gasteiger partial charge in [0.15, 0.2) is 5.75 Å². The molecule has 3 heterocycles. The molecule has 36 heavy (non-hydrogen) atoms. The van der Waals surface area contributed by atoms with Gasteiger partial charge in [-0.05, 0) is 25.5 Å². The van der Waals surface area contributed by atoms with Crippen molar-refractivity contribution < 1.29 is 33.1 Å². The van der Waals surface area contributed by atoms with E-state index in [-0.39, 0.29) is 59.5 Å². The van der Waals surface area contributed by atoms with Gasteiger partial charge in [0, 0.05) is 25.2 Å². The smallest absolute Gasteiger partial charge is 0.415 e. The van der Waals surface area contributed by atoms with Crippen molar-refractivity contribution in [3.8, 4) is 23.3 Å². The number of nitriles is 1. The molecule has 1 aromatic carbocycles. The third kappa shape index (κ3) is 4.53. The number of carbonyl (C=O) groups is 1. The zero-order chi connectivity index (χ0) is 26.0. The van der Waals surface area contributed by atoms with Crippen molar-refractivity contribution in [1.82, 2.24) is 4.90 Å². The molecule has 0 aliphatic carbocycles. The number of nitro groups is 1. The molecule has 2 aliphatic rings. The van der Waals surface area contributed by atoms with Crippen LogP contribution in [0.1, 0.15) is 29.7 Å². The van der Waals surface area contributed by atoms with E-state index < -0.39 is 34.0 Å². The summed E-state index contributed by atoms with van der Waals surface area (Å²) in [5, 5.41) is 21.8. The molecular formula is C23H22N4O9. The lowest BCUT2D eigenvalue weighted by Gasteiger charge is -2.27. The quantitative estimate of drug-likeness (QED) is 0.472. The van der Waals surface area contributed by atoms with Crippen molar-refractivity contribution in [1.29, 1.82) is 5.26 Å². The maximum absolute atomic E-state index is 12.8. The molecule has 0 bridgehead atoms. The first-order chi connectivity index (χ1) is 17.2. The van der Waals surface area contributed by atoms with Gasteiger partial charge in [-0.2, -0.15) is 5.26 Å². The number of ether oxygens (including phenoxy) is 4. The van der Waals surface area contributed by atoms with E-state index in [9.17, 15) is 25.0 Å². The fraction of sp³-hybridized carbons (Fsp3) is 0.348. The van der Waals surface area contributed by atoms with Crippen molar-refractivity contribution in [2.45, 2.75) is 19.8 Å². The van der Waals surface area contributed by atoms with E-state index in [1.54, 1.807) is 6.92 Å². The fourth-order valence-corrected chi connectivity index (χ4v) is 4.02. The zero-order valence-electron chi connectivity index (χ0n) is 19.4. The van der Waals surface area contributed by atoms with Crippen LogP contribution in [0.4, 0.5) is 10.5 Å². The van der Waals surface area contributed by atoms with E-state index in [0.29, 0.717) is 13.2 Å². The van der Waals surface area contributed by atoms with Crippen LogP contribution in [0, 0.1) is 28.4 Å². The summed E-state index contributed by atoms with van der Waals surface area (Å²) in [5.41, 5.74) is 4.49. The van der Waals surface area contributed by atoms with Crippen molar-refractivity contribution in [2.75, 3.05) is 32.9 Å². The first-order valence-corrected chi connectivity index (χ1v) is 11.0. The highest BCUT2D eigenvalue weighted by molar-refractivity contribution is 5.75. The molecule has 0 spiro atoms. The van der Waals surface area contributed by atoms with Gasteiger partial charge in [0.2, 0.25) is 5.88 Å². The molecule has 13 heteroatoms. The Hall–Kier alpha value is -4.57. The number of hydrogen-bond donors (Lipinski definition) is 1. The third-order valence-electron chi connectivity index (χ3n) is 5.60. The molecular weight excluding hydrogens is 476 g/mol. The molecule has 1 atom stereocenters. The highest BCUT2D eigenvalue weighted by Gasteiger charge is 2.37. The molecule has 0 radical (unpaired) electrons. The van der Waals surface area contributed by atoms with Gasteiger partial charge in [-0.3, -0.25) is 10.1 Å². The van der Waals surface area contributed by atoms with Crippen LogP contribution in [-0.2, 0) is 4.74 Å². The van der Waals surface area contributed by atoms with Crippen LogP contribution < -0.4 is 25.6 Å². The number of allylic oxidation sites excluding steroid dienone is 1. The molecule has 1 aromatic heterocycles. The first kappa shape index (κ1) is 24.6. The summed E-state index contributed by atoms with van der Waals surface area (Å²) in [6, 6.07) is 5.81. The average Bonchev–Trinajstić information content (AvgIpc) is 2.84. The Kier molecular flexibility index (Phi) is 6.80. The van der Waals surface area contributed by atoms with Crippen LogP contribution in [0.25, 0.3) is 0 Å². The van der Waals surface area contributed by atoms with Crippen molar-refractivity contribution in [3.05, 3.63) is 67.1 Å². The Morgan fingerprint density at radius 2 is 2.06 bits per heavy atom. The number of rotatable bonds is 5. The van der Waals surface area contributed by atoms with Crippen LogP contribution >= 0.6 is 0 Å². The Labute approximate surface area is 204 Å². The molecule has 188 valence electrons. The number of nitro benzene ring substituents is 1. The van der Waals surface area contributed by atoms with Gasteiger partial charge in [-0.25, -0.2) is 9.59 Å². The van der Waals surface area contributed by atoms with Gasteiger partial charge in [-0.1, -0.05) is 0 Å². The molecule has 1 amide bonds. The van der Waals surface area contributed by atoms with Crippen LogP contribution in [0.3, 0.4) is 0 Å². The number of morpholine rings is 1. The Morgan fingerprint density at radius 3 is 2.69 bits per heavy atom. The summed E-state index contributed by atoms with van der Waals surface area (Å²) in [5.74, 6) is -1.63. The number of aryl methyl sites for hydroxylation is 1. The SMILES string of the molecule is CCOc1cc([C@@H]2C(C#N)=C(N)Oc3cc(C)oc(=O)c32)cc([N+](=O)[O-])c1OC(=O)N1CCOCC1. The van der Waals surface area contributed by atoms with Crippen LogP contribution in [0.5, 0.6) is 17.2 Å². The fourth-order valence-electron chi connectivity index (χ4n) is 4.02. The van der Waals surface area contributed by atoms with E-state index in [2.05, 4.69) is 0 Å². The molecule has 0 unspecified atom stereocenters. The van der Waals surface area contributed by atoms with Crippen LogP contribution in [-0.4, -0.2) is 48.8 Å². The number of amides is 1. The summed E-state index contributed by atoms with van der Waals surface area (Å²) in [6.07, 6.45) is -0.801. The largest absolute Gasteiger partial charge is 0.490 e. The molecule has 2 aromatic rings. The van der Waals surface area contributed by atoms with Gasteiger partial charge >= 0.3 is 17.4 Å². The van der Waals surface area contributed by atoms with Crippen LogP contribution in [0.2, 0.25) is 0 Å². The Morgan fingerprint density at radius 1 is 1.33 bits per heavy atom. The zero-order valence-corrected chi connectivity index (χ0v) is 19.4. The van der Waals surface area contributed by atoms with E-state index in [1.807, 2.05) is 6.07 Å². The molecule has 2 aliphatic heterocycles. The summed E-state index contributed by atoms with van der Waals surface area (Å²) in [4.78, 5) is 38.2. The van der Waals surface area contributed by atoms with E-state index in [1.165, 1.54) is 24.0 Å². The average molecular weight is 498 g/mol. The monoisotopic (exact) mass is 498 g/mol. The van der Waals surface area contributed by atoms with Gasteiger partial charge in [0.25, 0.3) is 5.75 Å².